The molecule has 68 heavy (non-hydrogen) atoms. The lowest BCUT2D eigenvalue weighted by atomic mass is 9.99. The van der Waals surface area contributed by atoms with Crippen LogP contribution in [0.3, 0.4) is 0 Å². The average Bonchev–Trinajstić information content (AvgIpc) is 3.88. The molecular weight excluding hydrogens is 829 g/mol. The van der Waals surface area contributed by atoms with Crippen molar-refractivity contribution in [2.24, 2.45) is 0 Å². The van der Waals surface area contributed by atoms with Crippen LogP contribution in [0.4, 0.5) is 5.69 Å². The summed E-state index contributed by atoms with van der Waals surface area (Å²) in [7, 11) is 0. The summed E-state index contributed by atoms with van der Waals surface area (Å²) in [5, 5.41) is 4.53. The number of fused-ring (bicyclic) bond motifs is 6. The Morgan fingerprint density at radius 3 is 1.19 bits per heavy atom. The average molecular weight is 873 g/mol. The lowest BCUT2D eigenvalue weighted by Crippen LogP contribution is -2.06. The highest BCUT2D eigenvalue weighted by Crippen LogP contribution is 2.44. The Bertz CT molecular complexity index is 3920. The molecular formula is C62H44N6. The Labute approximate surface area is 394 Å². The number of hydrogen-bond acceptors (Lipinski definition) is 3. The van der Waals surface area contributed by atoms with Crippen LogP contribution in [0.5, 0.6) is 0 Å². The van der Waals surface area contributed by atoms with Crippen LogP contribution in [0.2, 0.25) is 0 Å². The Hall–Kier alpha value is -8.92. The van der Waals surface area contributed by atoms with Gasteiger partial charge in [0, 0.05) is 38.2 Å². The number of rotatable bonds is 7. The first kappa shape index (κ1) is 40.6. The monoisotopic (exact) mass is 872 g/mol. The second-order valence-corrected chi connectivity index (χ2v) is 17.9. The number of nitrogens with zero attached hydrogens (tertiary/aromatic N) is 6. The molecule has 0 saturated heterocycles. The van der Waals surface area contributed by atoms with Gasteiger partial charge in [0.05, 0.1) is 40.0 Å². The summed E-state index contributed by atoms with van der Waals surface area (Å²) < 4.78 is 4.71. The van der Waals surface area contributed by atoms with Gasteiger partial charge in [0.1, 0.15) is 0 Å². The molecule has 3 heterocycles. The summed E-state index contributed by atoms with van der Waals surface area (Å²) in [4.78, 5) is 19.6. The van der Waals surface area contributed by atoms with Gasteiger partial charge in [-0.15, -0.1) is 0 Å². The highest BCUT2D eigenvalue weighted by atomic mass is 15.1. The van der Waals surface area contributed by atoms with E-state index in [0.717, 1.165) is 77.2 Å². The zero-order valence-electron chi connectivity index (χ0n) is 38.2. The molecule has 0 spiro atoms. The van der Waals surface area contributed by atoms with Crippen molar-refractivity contribution < 1.29 is 0 Å². The second-order valence-electron chi connectivity index (χ2n) is 17.9. The van der Waals surface area contributed by atoms with E-state index in [1.54, 1.807) is 0 Å². The summed E-state index contributed by atoms with van der Waals surface area (Å²) >= 11 is 0. The number of hydrogen-bond donors (Lipinski definition) is 0. The van der Waals surface area contributed by atoms with E-state index in [0.29, 0.717) is 28.7 Å². The summed E-state index contributed by atoms with van der Waals surface area (Å²) in [5.41, 5.74) is 18.3. The van der Waals surface area contributed by atoms with Crippen LogP contribution in [0.25, 0.3) is 116 Å². The van der Waals surface area contributed by atoms with Crippen LogP contribution >= 0.6 is 0 Å². The Morgan fingerprint density at radius 2 is 0.735 bits per heavy atom. The van der Waals surface area contributed by atoms with E-state index < -0.39 is 0 Å². The lowest BCUT2D eigenvalue weighted by Gasteiger charge is -2.20. The lowest BCUT2D eigenvalue weighted by molar-refractivity contribution is 1.07. The van der Waals surface area contributed by atoms with Gasteiger partial charge in [-0.3, -0.25) is 0 Å². The predicted octanol–water partition coefficient (Wildman–Crippen LogP) is 16.2. The summed E-state index contributed by atoms with van der Waals surface area (Å²) in [6.45, 7) is 17.5. The summed E-state index contributed by atoms with van der Waals surface area (Å²) in [5.74, 6) is 1.50. The van der Waals surface area contributed by atoms with Crippen molar-refractivity contribution in [1.29, 1.82) is 0 Å². The molecule has 9 aromatic carbocycles. The number of aryl methyl sites for hydroxylation is 4. The first-order valence-corrected chi connectivity index (χ1v) is 23.0. The van der Waals surface area contributed by atoms with Gasteiger partial charge in [-0.1, -0.05) is 168 Å². The molecule has 0 bridgehead atoms. The van der Waals surface area contributed by atoms with E-state index >= 15 is 0 Å². The normalized spacial score (nSPS) is 11.5. The van der Waals surface area contributed by atoms with E-state index in [2.05, 4.69) is 169 Å². The molecule has 6 heteroatoms. The molecule has 0 amide bonds. The molecule has 6 nitrogen and oxygen atoms in total. The van der Waals surface area contributed by atoms with E-state index in [1.165, 1.54) is 33.4 Å². The quantitative estimate of drug-likeness (QED) is 0.150. The molecule has 0 fully saturated rings. The molecule has 12 rings (SSSR count). The SMILES string of the molecule is [C-]#[N+]c1cc(-n2c3ccccc3c3cc(-c4cc(C)cc(C)c4)ccc32)c(-n2c3ccccc3c3cc(-c4cc(C)cc(C)c4)ccc32)cc1-c1nc(-c2ccccc2)nc(-c2ccccc2)n1. The maximum absolute atomic E-state index is 8.86. The third-order valence-electron chi connectivity index (χ3n) is 13.1. The minimum Gasteiger partial charge on any atom is -0.308 e. The molecule has 0 aliphatic carbocycles. The van der Waals surface area contributed by atoms with Crippen molar-refractivity contribution in [1.82, 2.24) is 24.1 Å². The first-order chi connectivity index (χ1) is 33.3. The van der Waals surface area contributed by atoms with Gasteiger partial charge in [-0.25, -0.2) is 19.8 Å². The van der Waals surface area contributed by atoms with Crippen molar-refractivity contribution in [3.05, 3.63) is 228 Å². The van der Waals surface area contributed by atoms with Crippen LogP contribution < -0.4 is 0 Å². The molecule has 0 aliphatic heterocycles. The fourth-order valence-corrected chi connectivity index (χ4v) is 10.2. The molecule has 0 unspecified atom stereocenters. The van der Waals surface area contributed by atoms with E-state index in [1.807, 2.05) is 66.7 Å². The van der Waals surface area contributed by atoms with Gasteiger partial charge < -0.3 is 9.13 Å². The number of para-hydroxylation sites is 2. The molecule has 3 aromatic heterocycles. The predicted molar refractivity (Wildman–Crippen MR) is 281 cm³/mol. The van der Waals surface area contributed by atoms with Crippen molar-refractivity contribution in [3.8, 4) is 67.8 Å². The van der Waals surface area contributed by atoms with Gasteiger partial charge in [0.15, 0.2) is 23.2 Å². The fourth-order valence-electron chi connectivity index (χ4n) is 10.2. The van der Waals surface area contributed by atoms with Crippen LogP contribution in [-0.4, -0.2) is 24.1 Å². The van der Waals surface area contributed by atoms with Crippen molar-refractivity contribution in [2.45, 2.75) is 27.7 Å². The van der Waals surface area contributed by atoms with Crippen molar-refractivity contribution in [3.63, 3.8) is 0 Å². The van der Waals surface area contributed by atoms with Crippen molar-refractivity contribution >= 4 is 49.3 Å². The largest absolute Gasteiger partial charge is 0.308 e. The highest BCUT2D eigenvalue weighted by Gasteiger charge is 2.24. The zero-order valence-corrected chi connectivity index (χ0v) is 38.2. The zero-order chi connectivity index (χ0) is 46.0. The number of benzene rings is 9. The summed E-state index contributed by atoms with van der Waals surface area (Å²) in [6, 6.07) is 68.5. The molecule has 0 radical (unpaired) electrons. The van der Waals surface area contributed by atoms with E-state index in [9.17, 15) is 0 Å². The Morgan fingerprint density at radius 1 is 0.338 bits per heavy atom. The highest BCUT2D eigenvalue weighted by molar-refractivity contribution is 6.13. The standard InChI is InChI=1S/C62H44N6/c1-38-28-39(2)31-46(30-38)44-24-26-56-50(34-44)48-20-12-14-22-54(48)67(56)58-36-52(62-65-60(42-16-8-6-9-17-42)64-61(66-62)43-18-10-7-11-19-43)53(63-5)37-59(58)68-55-23-15-13-21-49(55)51-35-45(25-27-57(51)68)47-32-40(3)29-41(4)33-47/h6-37H,1-4H3. The van der Waals surface area contributed by atoms with Crippen molar-refractivity contribution in [2.75, 3.05) is 0 Å². The fraction of sp³-hybridized carbons (Fsp3) is 0.0645. The molecule has 322 valence electrons. The van der Waals surface area contributed by atoms with E-state index in [-0.39, 0.29) is 0 Å². The van der Waals surface area contributed by atoms with Gasteiger partial charge in [-0.05, 0) is 98.5 Å². The first-order valence-electron chi connectivity index (χ1n) is 23.0. The van der Waals surface area contributed by atoms with Crippen LogP contribution in [0.1, 0.15) is 22.3 Å². The third kappa shape index (κ3) is 6.92. The van der Waals surface area contributed by atoms with Gasteiger partial charge in [0.2, 0.25) is 0 Å². The maximum Gasteiger partial charge on any atom is 0.200 e. The molecule has 0 aliphatic rings. The van der Waals surface area contributed by atoms with Gasteiger partial charge in [0.25, 0.3) is 0 Å². The van der Waals surface area contributed by atoms with Gasteiger partial charge in [-0.2, -0.15) is 0 Å². The Kier molecular flexibility index (Phi) is 9.67. The maximum atomic E-state index is 8.86. The topological polar surface area (TPSA) is 52.9 Å². The van der Waals surface area contributed by atoms with Crippen LogP contribution in [0.15, 0.2) is 194 Å². The molecule has 0 N–H and O–H groups in total. The smallest absolute Gasteiger partial charge is 0.200 e. The summed E-state index contributed by atoms with van der Waals surface area (Å²) in [6.07, 6.45) is 0. The molecule has 0 saturated carbocycles. The Balaban J connectivity index is 1.18. The van der Waals surface area contributed by atoms with Crippen LogP contribution in [0, 0.1) is 34.3 Å². The van der Waals surface area contributed by atoms with Crippen LogP contribution in [-0.2, 0) is 0 Å². The second kappa shape index (κ2) is 16.2. The number of aromatic nitrogens is 5. The molecule has 12 aromatic rings. The van der Waals surface area contributed by atoms with E-state index in [4.69, 9.17) is 21.5 Å². The van der Waals surface area contributed by atoms with Gasteiger partial charge >= 0.3 is 0 Å². The minimum atomic E-state index is 0.426. The molecule has 0 atom stereocenters. The third-order valence-corrected chi connectivity index (χ3v) is 13.1. The minimum absolute atomic E-state index is 0.426.